The summed E-state index contributed by atoms with van der Waals surface area (Å²) in [5, 5.41) is 6.83. The number of hydrogen-bond acceptors (Lipinski definition) is 2. The Bertz CT molecular complexity index is 592. The summed E-state index contributed by atoms with van der Waals surface area (Å²) in [6.07, 6.45) is 9.77. The Labute approximate surface area is 141 Å². The second-order valence-electron chi connectivity index (χ2n) is 8.17. The van der Waals surface area contributed by atoms with Gasteiger partial charge in [-0.1, -0.05) is 6.92 Å². The second kappa shape index (κ2) is 5.81. The first kappa shape index (κ1) is 16.0. The van der Waals surface area contributed by atoms with Gasteiger partial charge in [0.05, 0.1) is 0 Å². The van der Waals surface area contributed by atoms with Crippen molar-refractivity contribution in [2.45, 2.75) is 64.5 Å². The summed E-state index contributed by atoms with van der Waals surface area (Å²) in [6, 6.07) is 1.49. The van der Waals surface area contributed by atoms with E-state index in [4.69, 9.17) is 0 Å². The van der Waals surface area contributed by atoms with Crippen LogP contribution in [0, 0.1) is 23.2 Å². The van der Waals surface area contributed by atoms with Gasteiger partial charge in [-0.3, -0.25) is 4.79 Å². The van der Waals surface area contributed by atoms with Gasteiger partial charge >= 0.3 is 6.55 Å². The third-order valence-corrected chi connectivity index (χ3v) is 6.58. The molecule has 6 heteroatoms. The zero-order valence-corrected chi connectivity index (χ0v) is 14.0. The Hall–Kier alpha value is -1.46. The van der Waals surface area contributed by atoms with Crippen LogP contribution in [0.4, 0.5) is 8.78 Å². The fraction of sp³-hybridized carbons (Fsp3) is 0.778. The Balaban J connectivity index is 1.50. The summed E-state index contributed by atoms with van der Waals surface area (Å²) in [5.74, 6) is 2.14. The maximum Gasteiger partial charge on any atom is 0.333 e. The normalized spacial score (nSPS) is 35.4. The van der Waals surface area contributed by atoms with E-state index in [0.29, 0.717) is 4.68 Å². The Morgan fingerprint density at radius 2 is 1.88 bits per heavy atom. The molecule has 1 heterocycles. The molecule has 0 saturated heterocycles. The average Bonchev–Trinajstić information content (AvgIpc) is 3.01. The van der Waals surface area contributed by atoms with Gasteiger partial charge in [-0.2, -0.15) is 13.9 Å². The molecule has 1 aromatic heterocycles. The van der Waals surface area contributed by atoms with E-state index in [1.807, 2.05) is 0 Å². The molecule has 4 nitrogen and oxygen atoms in total. The number of nitrogens with zero attached hydrogens (tertiary/aromatic N) is 2. The van der Waals surface area contributed by atoms with Gasteiger partial charge in [0.15, 0.2) is 0 Å². The fourth-order valence-electron chi connectivity index (χ4n) is 6.09. The van der Waals surface area contributed by atoms with Crippen LogP contribution in [-0.4, -0.2) is 21.7 Å². The first-order valence-corrected chi connectivity index (χ1v) is 9.13. The summed E-state index contributed by atoms with van der Waals surface area (Å²) in [6.45, 7) is -0.599. The summed E-state index contributed by atoms with van der Waals surface area (Å²) in [7, 11) is 0. The van der Waals surface area contributed by atoms with Crippen molar-refractivity contribution < 1.29 is 13.6 Å². The van der Waals surface area contributed by atoms with Gasteiger partial charge in [0, 0.05) is 12.2 Å². The number of nitrogens with one attached hydrogen (secondary N) is 1. The summed E-state index contributed by atoms with van der Waals surface area (Å²) in [5.41, 5.74) is 0.295. The molecule has 0 radical (unpaired) electrons. The van der Waals surface area contributed by atoms with Crippen molar-refractivity contribution in [3.63, 3.8) is 0 Å². The highest BCUT2D eigenvalue weighted by Crippen LogP contribution is 2.61. The molecule has 4 fully saturated rings. The average molecular weight is 337 g/mol. The number of rotatable bonds is 5. The number of carbonyl (C=O) groups is 1. The Kier molecular flexibility index (Phi) is 3.88. The molecule has 4 bridgehead atoms. The van der Waals surface area contributed by atoms with Crippen LogP contribution >= 0.6 is 0 Å². The molecular formula is C18H25F2N3O. The van der Waals surface area contributed by atoms with Crippen LogP contribution in [0.2, 0.25) is 0 Å². The van der Waals surface area contributed by atoms with Crippen molar-refractivity contribution in [1.29, 1.82) is 0 Å². The lowest BCUT2D eigenvalue weighted by Crippen LogP contribution is -2.56. The van der Waals surface area contributed by atoms with Crippen molar-refractivity contribution in [2.24, 2.45) is 23.2 Å². The minimum atomic E-state index is -2.71. The number of carbonyl (C=O) groups excluding carboxylic acids is 1. The first-order valence-electron chi connectivity index (χ1n) is 9.13. The highest BCUT2D eigenvalue weighted by molar-refractivity contribution is 5.92. The largest absolute Gasteiger partial charge is 0.347 e. The molecule has 24 heavy (non-hydrogen) atoms. The number of halogens is 2. The van der Waals surface area contributed by atoms with Crippen LogP contribution in [0.15, 0.2) is 12.3 Å². The Morgan fingerprint density at radius 3 is 2.33 bits per heavy atom. The van der Waals surface area contributed by atoms with Gasteiger partial charge in [-0.25, -0.2) is 4.68 Å². The van der Waals surface area contributed by atoms with E-state index in [1.165, 1.54) is 44.6 Å². The second-order valence-corrected chi connectivity index (χ2v) is 8.17. The van der Waals surface area contributed by atoms with Crippen LogP contribution in [0.3, 0.4) is 0 Å². The van der Waals surface area contributed by atoms with Gasteiger partial charge in [0.2, 0.25) is 0 Å². The van der Waals surface area contributed by atoms with E-state index in [9.17, 15) is 13.6 Å². The van der Waals surface area contributed by atoms with Crippen LogP contribution in [0.25, 0.3) is 0 Å². The van der Waals surface area contributed by atoms with Crippen molar-refractivity contribution in [3.05, 3.63) is 18.0 Å². The molecule has 4 aliphatic rings. The molecule has 0 aliphatic heterocycles. The molecule has 132 valence electrons. The summed E-state index contributed by atoms with van der Waals surface area (Å²) in [4.78, 5) is 12.5. The molecule has 1 unspecified atom stereocenters. The van der Waals surface area contributed by atoms with E-state index in [-0.39, 0.29) is 23.1 Å². The number of amides is 1. The molecule has 5 rings (SSSR count). The predicted molar refractivity (Wildman–Crippen MR) is 85.6 cm³/mol. The molecule has 1 N–H and O–H groups in total. The standard InChI is InChI=1S/C18H25F2N3O/c1-2-15(21-16(24)14-3-4-23(22-14)17(19)20)18-8-11-5-12(9-18)7-13(6-11)10-18/h3-4,11-13,15,17H,2,5-10H2,1H3,(H,21,24). The Morgan fingerprint density at radius 1 is 1.29 bits per heavy atom. The zero-order chi connectivity index (χ0) is 16.9. The lowest BCUT2D eigenvalue weighted by Gasteiger charge is -2.59. The lowest BCUT2D eigenvalue weighted by atomic mass is 9.47. The minimum Gasteiger partial charge on any atom is -0.347 e. The van der Waals surface area contributed by atoms with Crippen molar-refractivity contribution >= 4 is 5.91 Å². The van der Waals surface area contributed by atoms with Crippen LogP contribution in [0.5, 0.6) is 0 Å². The topological polar surface area (TPSA) is 46.9 Å². The molecule has 0 spiro atoms. The number of alkyl halides is 2. The van der Waals surface area contributed by atoms with Gasteiger partial charge < -0.3 is 5.32 Å². The molecule has 4 saturated carbocycles. The maximum atomic E-state index is 12.6. The van der Waals surface area contributed by atoms with E-state index >= 15 is 0 Å². The van der Waals surface area contributed by atoms with E-state index < -0.39 is 6.55 Å². The molecule has 4 aliphatic carbocycles. The SMILES string of the molecule is CCC(NC(=O)c1ccn(C(F)F)n1)C12CC3CC(CC(C3)C1)C2. The third-order valence-electron chi connectivity index (χ3n) is 6.58. The van der Waals surface area contributed by atoms with Gasteiger partial charge in [-0.05, 0) is 74.2 Å². The smallest absolute Gasteiger partial charge is 0.333 e. The molecule has 1 amide bonds. The molecular weight excluding hydrogens is 312 g/mol. The summed E-state index contributed by atoms with van der Waals surface area (Å²) < 4.78 is 25.8. The van der Waals surface area contributed by atoms with E-state index in [2.05, 4.69) is 17.3 Å². The van der Waals surface area contributed by atoms with Crippen molar-refractivity contribution in [1.82, 2.24) is 15.1 Å². The highest BCUT2D eigenvalue weighted by atomic mass is 19.3. The van der Waals surface area contributed by atoms with Crippen molar-refractivity contribution in [2.75, 3.05) is 0 Å². The van der Waals surface area contributed by atoms with Crippen LogP contribution in [0.1, 0.15) is 68.9 Å². The molecule has 0 aromatic carbocycles. The summed E-state index contributed by atoms with van der Waals surface area (Å²) >= 11 is 0. The number of aromatic nitrogens is 2. The van der Waals surface area contributed by atoms with Gasteiger partial charge in [-0.15, -0.1) is 0 Å². The third kappa shape index (κ3) is 2.64. The zero-order valence-electron chi connectivity index (χ0n) is 14.0. The monoisotopic (exact) mass is 337 g/mol. The van der Waals surface area contributed by atoms with Crippen LogP contribution < -0.4 is 5.32 Å². The maximum absolute atomic E-state index is 12.6. The van der Waals surface area contributed by atoms with E-state index in [1.54, 1.807) is 0 Å². The highest BCUT2D eigenvalue weighted by Gasteiger charge is 2.54. The first-order chi connectivity index (χ1) is 11.5. The lowest BCUT2D eigenvalue weighted by molar-refractivity contribution is -0.0727. The fourth-order valence-corrected chi connectivity index (χ4v) is 6.09. The predicted octanol–water partition coefficient (Wildman–Crippen LogP) is 4.00. The van der Waals surface area contributed by atoms with Gasteiger partial charge in [0.25, 0.3) is 5.91 Å². The van der Waals surface area contributed by atoms with Crippen molar-refractivity contribution in [3.8, 4) is 0 Å². The van der Waals surface area contributed by atoms with Crippen LogP contribution in [-0.2, 0) is 0 Å². The molecule has 1 atom stereocenters. The molecule has 1 aromatic rings. The van der Waals surface area contributed by atoms with E-state index in [0.717, 1.165) is 30.4 Å². The van der Waals surface area contributed by atoms with Gasteiger partial charge in [0.1, 0.15) is 5.69 Å². The quantitative estimate of drug-likeness (QED) is 0.883. The minimum absolute atomic E-state index is 0.0819. The number of hydrogen-bond donors (Lipinski definition) is 1.